The first kappa shape index (κ1) is 11.2. The summed E-state index contributed by atoms with van der Waals surface area (Å²) in [6.45, 7) is 0. The Hall–Kier alpha value is -0.621. The van der Waals surface area contributed by atoms with Gasteiger partial charge in [0.2, 0.25) is 0 Å². The smallest absolute Gasteiger partial charge is 0.583 e. The van der Waals surface area contributed by atoms with Crippen molar-refractivity contribution in [2.75, 3.05) is 0 Å². The monoisotopic (exact) mass is 179 g/mol. The maximum absolute atomic E-state index is 9.91. The van der Waals surface area contributed by atoms with Crippen LogP contribution in [0.25, 0.3) is 11.7 Å². The van der Waals surface area contributed by atoms with E-state index in [1.54, 1.807) is 0 Å². The van der Waals surface area contributed by atoms with Crippen molar-refractivity contribution in [1.29, 1.82) is 0 Å². The van der Waals surface area contributed by atoms with E-state index in [-0.39, 0.29) is 17.1 Å². The van der Waals surface area contributed by atoms with Gasteiger partial charge in [0.1, 0.15) is 0 Å². The van der Waals surface area contributed by atoms with E-state index in [1.165, 1.54) is 10.9 Å². The third-order valence-electron chi connectivity index (χ3n) is 0.433. The Bertz CT molecular complexity index is 101. The number of hydrogen-bond acceptors (Lipinski definition) is 2. The number of carbonyl (C=O) groups excluding carboxylic acids is 2. The molecule has 0 fully saturated rings. The summed E-state index contributed by atoms with van der Waals surface area (Å²) in [6.07, 6.45) is 0. The van der Waals surface area contributed by atoms with Crippen LogP contribution in [0.2, 0.25) is 0 Å². The molecule has 0 atom stereocenters. The van der Waals surface area contributed by atoms with E-state index >= 15 is 0 Å². The van der Waals surface area contributed by atoms with Crippen LogP contribution in [-0.2, 0) is 26.7 Å². The maximum Gasteiger partial charge on any atom is 2.00 e. The molecule has 4 N–H and O–H groups in total. The van der Waals surface area contributed by atoms with Crippen LogP contribution in [0.1, 0.15) is 0 Å². The minimum Gasteiger partial charge on any atom is -0.583 e. The van der Waals surface area contributed by atoms with Crippen LogP contribution in [0.3, 0.4) is 0 Å². The van der Waals surface area contributed by atoms with Gasteiger partial charge in [-0.25, -0.2) is 0 Å². The Labute approximate surface area is 61.7 Å². The molecule has 0 bridgehead atoms. The zero-order valence-corrected chi connectivity index (χ0v) is 5.06. The molecule has 0 spiro atoms. The number of hydrogen-bond donors (Lipinski definition) is 2. The van der Waals surface area contributed by atoms with Crippen molar-refractivity contribution in [2.45, 2.75) is 0 Å². The van der Waals surface area contributed by atoms with Gasteiger partial charge in [0.25, 0.3) is 11.8 Å². The van der Waals surface area contributed by atoms with Crippen molar-refractivity contribution < 1.29 is 26.7 Å². The fraction of sp³-hybridized carbons (Fsp3) is 0. The van der Waals surface area contributed by atoms with Crippen LogP contribution in [0.4, 0.5) is 0 Å². The summed E-state index contributed by atoms with van der Waals surface area (Å²) in [5.41, 5.74) is 2.59. The van der Waals surface area contributed by atoms with E-state index in [0.29, 0.717) is 0 Å². The third kappa shape index (κ3) is 3.92. The van der Waals surface area contributed by atoms with Gasteiger partial charge in [-0.2, -0.15) is 0 Å². The Morgan fingerprint density at radius 3 is 1.33 bits per heavy atom. The van der Waals surface area contributed by atoms with Gasteiger partial charge in [-0.05, 0) is 0 Å². The molecule has 55 valence electrons. The molecule has 9 heavy (non-hydrogen) atoms. The molecule has 0 heterocycles. The fourth-order valence-corrected chi connectivity index (χ4v) is 0.114. The average molecular weight is 180 g/mol. The van der Waals surface area contributed by atoms with Crippen LogP contribution in [0, 0.1) is 0 Å². The van der Waals surface area contributed by atoms with Crippen molar-refractivity contribution in [3.8, 4) is 0 Å². The molecular formula is C2H4CuN4O2. The van der Waals surface area contributed by atoms with Gasteiger partial charge >= 0.3 is 17.1 Å². The second-order valence-electron chi connectivity index (χ2n) is 0.908. The number of carbonyl (C=O) groups is 2. The Balaban J connectivity index is 0. The van der Waals surface area contributed by atoms with Crippen molar-refractivity contribution in [3.63, 3.8) is 0 Å². The van der Waals surface area contributed by atoms with E-state index in [0.717, 1.165) is 0 Å². The van der Waals surface area contributed by atoms with Gasteiger partial charge < -0.3 is 22.5 Å². The Kier molecular flexibility index (Phi) is 6.87. The standard InChI is InChI=1S/C2H6N4O2.Cu/c3-5-1(7)2(8)6-4;/h(H6,3,4,5,6,7,8);/q;+2/p-2. The van der Waals surface area contributed by atoms with Crippen LogP contribution in [0.15, 0.2) is 0 Å². The first-order valence-corrected chi connectivity index (χ1v) is 1.66. The van der Waals surface area contributed by atoms with Crippen molar-refractivity contribution in [1.82, 2.24) is 10.9 Å². The summed E-state index contributed by atoms with van der Waals surface area (Å²) >= 11 is 0. The van der Waals surface area contributed by atoms with Crippen molar-refractivity contribution in [3.05, 3.63) is 11.7 Å². The predicted molar refractivity (Wildman–Crippen MR) is 24.9 cm³/mol. The molecule has 0 aromatic heterocycles. The zero-order chi connectivity index (χ0) is 6.57. The Morgan fingerprint density at radius 2 is 1.22 bits per heavy atom. The van der Waals surface area contributed by atoms with Gasteiger partial charge in [-0.1, -0.05) is 0 Å². The molecule has 0 aliphatic heterocycles. The average Bonchev–Trinajstić information content (AvgIpc) is 1.84. The minimum absolute atomic E-state index is 0. The van der Waals surface area contributed by atoms with Crippen LogP contribution >= 0.6 is 0 Å². The first-order chi connectivity index (χ1) is 3.72. The number of rotatable bonds is 0. The molecule has 0 unspecified atom stereocenters. The summed E-state index contributed by atoms with van der Waals surface area (Å²) in [5, 5.41) is 0. The van der Waals surface area contributed by atoms with E-state index in [1.807, 2.05) is 0 Å². The van der Waals surface area contributed by atoms with Gasteiger partial charge in [-0.3, -0.25) is 9.59 Å². The molecule has 6 nitrogen and oxygen atoms in total. The van der Waals surface area contributed by atoms with E-state index in [9.17, 15) is 9.59 Å². The molecule has 0 aliphatic carbocycles. The van der Waals surface area contributed by atoms with Gasteiger partial charge in [0, 0.05) is 0 Å². The summed E-state index contributed by atoms with van der Waals surface area (Å²) in [5.74, 6) is 9.92. The van der Waals surface area contributed by atoms with Crippen LogP contribution in [-0.4, -0.2) is 11.8 Å². The zero-order valence-electron chi connectivity index (χ0n) is 4.12. The van der Waals surface area contributed by atoms with Crippen molar-refractivity contribution in [2.24, 2.45) is 0 Å². The topological polar surface area (TPSA) is 106 Å². The summed E-state index contributed by atoms with van der Waals surface area (Å²) in [6, 6.07) is 0. The molecular weight excluding hydrogens is 176 g/mol. The summed E-state index contributed by atoms with van der Waals surface area (Å²) < 4.78 is 0. The largest absolute Gasteiger partial charge is 2.00 e. The van der Waals surface area contributed by atoms with E-state index < -0.39 is 11.8 Å². The molecule has 0 aliphatic rings. The maximum atomic E-state index is 9.91. The molecule has 2 amide bonds. The molecule has 0 aromatic rings. The first-order valence-electron chi connectivity index (χ1n) is 1.66. The predicted octanol–water partition coefficient (Wildman–Crippen LogP) is -0.849. The van der Waals surface area contributed by atoms with Gasteiger partial charge in [-0.15, -0.1) is 0 Å². The minimum atomic E-state index is -1.14. The quantitative estimate of drug-likeness (QED) is 0.287. The molecule has 1 radical (unpaired) electrons. The fourth-order valence-electron chi connectivity index (χ4n) is 0.114. The van der Waals surface area contributed by atoms with Gasteiger partial charge in [0.05, 0.1) is 0 Å². The van der Waals surface area contributed by atoms with E-state index in [2.05, 4.69) is 0 Å². The number of nitrogens with one attached hydrogen (secondary N) is 4. The number of amides is 2. The van der Waals surface area contributed by atoms with Crippen LogP contribution in [0.5, 0.6) is 0 Å². The molecule has 7 heteroatoms. The summed E-state index contributed by atoms with van der Waals surface area (Å²) in [7, 11) is 0. The summed E-state index contributed by atoms with van der Waals surface area (Å²) in [4.78, 5) is 19.8. The molecule has 0 saturated heterocycles. The molecule has 0 saturated carbocycles. The van der Waals surface area contributed by atoms with E-state index in [4.69, 9.17) is 11.7 Å². The Morgan fingerprint density at radius 1 is 1.00 bits per heavy atom. The molecule has 0 rings (SSSR count). The van der Waals surface area contributed by atoms with Crippen LogP contribution < -0.4 is 10.9 Å². The SMILES string of the molecule is [Cu+2].[NH-]NC(=O)C(=O)N[NH-]. The third-order valence-corrected chi connectivity index (χ3v) is 0.433. The second-order valence-corrected chi connectivity index (χ2v) is 0.908. The molecule has 0 aromatic carbocycles. The van der Waals surface area contributed by atoms with Crippen molar-refractivity contribution >= 4 is 11.8 Å². The normalized spacial score (nSPS) is 6.89. The second kappa shape index (κ2) is 5.51. The van der Waals surface area contributed by atoms with Gasteiger partial charge in [0.15, 0.2) is 0 Å².